The molecule has 1 aliphatic carbocycles. The Morgan fingerprint density at radius 2 is 2.22 bits per heavy atom. The average molecular weight is 126 g/mol. The van der Waals surface area contributed by atoms with E-state index in [2.05, 4.69) is 19.9 Å². The monoisotopic (exact) mass is 126 g/mol. The zero-order valence-corrected chi connectivity index (χ0v) is 6.31. The topological polar surface area (TPSA) is 20.2 Å². The Hall–Kier alpha value is -0.300. The summed E-state index contributed by atoms with van der Waals surface area (Å²) >= 11 is 0. The van der Waals surface area contributed by atoms with Gasteiger partial charge in [-0.05, 0) is 24.3 Å². The van der Waals surface area contributed by atoms with Crippen molar-refractivity contribution in [2.75, 3.05) is 0 Å². The van der Waals surface area contributed by atoms with Crippen LogP contribution in [0, 0.1) is 5.41 Å². The first kappa shape index (κ1) is 6.81. The first-order valence-corrected chi connectivity index (χ1v) is 3.39. The normalized spacial score (nSPS) is 32.4. The molecule has 9 heavy (non-hydrogen) atoms. The fraction of sp³-hybridized carbons (Fsp3) is 0.750. The minimum Gasteiger partial charge on any atom is -0.389 e. The molecule has 0 radical (unpaired) electrons. The van der Waals surface area contributed by atoms with Gasteiger partial charge in [-0.15, -0.1) is 0 Å². The van der Waals surface area contributed by atoms with Crippen LogP contribution in [0.15, 0.2) is 11.6 Å². The van der Waals surface area contributed by atoms with Crippen molar-refractivity contribution in [3.63, 3.8) is 0 Å². The Labute approximate surface area is 56.4 Å². The summed E-state index contributed by atoms with van der Waals surface area (Å²) in [7, 11) is 0. The van der Waals surface area contributed by atoms with E-state index in [4.69, 9.17) is 0 Å². The molecule has 1 aliphatic rings. The molecule has 0 aromatic heterocycles. The lowest BCUT2D eigenvalue weighted by molar-refractivity contribution is 0.183. The van der Waals surface area contributed by atoms with Gasteiger partial charge in [-0.3, -0.25) is 0 Å². The van der Waals surface area contributed by atoms with Gasteiger partial charge in [0.2, 0.25) is 0 Å². The van der Waals surface area contributed by atoms with Crippen LogP contribution in [-0.4, -0.2) is 11.2 Å². The molecule has 0 heterocycles. The van der Waals surface area contributed by atoms with Gasteiger partial charge in [-0.2, -0.15) is 0 Å². The molecule has 0 aromatic carbocycles. The highest BCUT2D eigenvalue weighted by Gasteiger charge is 2.27. The molecule has 0 saturated heterocycles. The third kappa shape index (κ3) is 1.33. The van der Waals surface area contributed by atoms with E-state index in [1.165, 1.54) is 0 Å². The van der Waals surface area contributed by atoms with Gasteiger partial charge in [0.05, 0.1) is 6.10 Å². The van der Waals surface area contributed by atoms with Crippen LogP contribution in [0.3, 0.4) is 0 Å². The highest BCUT2D eigenvalue weighted by molar-refractivity contribution is 5.17. The number of hydrogen-bond acceptors (Lipinski definition) is 1. The van der Waals surface area contributed by atoms with Gasteiger partial charge in [0.15, 0.2) is 0 Å². The van der Waals surface area contributed by atoms with E-state index in [-0.39, 0.29) is 11.5 Å². The molecule has 0 unspecified atom stereocenters. The third-order valence-corrected chi connectivity index (χ3v) is 1.86. The summed E-state index contributed by atoms with van der Waals surface area (Å²) < 4.78 is 0. The van der Waals surface area contributed by atoms with Crippen LogP contribution < -0.4 is 0 Å². The van der Waals surface area contributed by atoms with Crippen molar-refractivity contribution in [2.24, 2.45) is 5.41 Å². The highest BCUT2D eigenvalue weighted by atomic mass is 16.3. The second-order valence-electron chi connectivity index (χ2n) is 3.60. The number of allylic oxidation sites excluding steroid dienone is 1. The molecule has 1 heteroatoms. The lowest BCUT2D eigenvalue weighted by Gasteiger charge is -2.13. The summed E-state index contributed by atoms with van der Waals surface area (Å²) in [6, 6.07) is 0. The molecule has 52 valence electrons. The molecule has 1 atom stereocenters. The zero-order chi connectivity index (χ0) is 7.07. The highest BCUT2D eigenvalue weighted by Crippen LogP contribution is 2.34. The van der Waals surface area contributed by atoms with Crippen LogP contribution in [0.2, 0.25) is 0 Å². The number of rotatable bonds is 0. The van der Waals surface area contributed by atoms with Crippen molar-refractivity contribution in [1.82, 2.24) is 0 Å². The molecule has 0 saturated carbocycles. The standard InChI is InChI=1S/C8H14O/c1-6-4-8(2,3)5-7(6)9/h4,7,9H,5H2,1-3H3/t7-/m0/s1. The third-order valence-electron chi connectivity index (χ3n) is 1.86. The minimum atomic E-state index is -0.181. The van der Waals surface area contributed by atoms with Crippen LogP contribution in [-0.2, 0) is 0 Å². The maximum atomic E-state index is 9.27. The fourth-order valence-corrected chi connectivity index (χ4v) is 1.43. The Morgan fingerprint density at radius 3 is 2.33 bits per heavy atom. The molecule has 0 amide bonds. The maximum absolute atomic E-state index is 9.27. The van der Waals surface area contributed by atoms with E-state index < -0.39 is 0 Å². The Bertz CT molecular complexity index is 145. The lowest BCUT2D eigenvalue weighted by atomic mass is 9.93. The minimum absolute atomic E-state index is 0.181. The van der Waals surface area contributed by atoms with E-state index in [1.54, 1.807) is 0 Å². The lowest BCUT2D eigenvalue weighted by Crippen LogP contribution is -2.09. The predicted octanol–water partition coefficient (Wildman–Crippen LogP) is 1.72. The fourth-order valence-electron chi connectivity index (χ4n) is 1.43. The van der Waals surface area contributed by atoms with E-state index in [9.17, 15) is 5.11 Å². The first-order chi connectivity index (χ1) is 4.01. The molecule has 0 aliphatic heterocycles. The molecule has 0 aromatic rings. The molecule has 1 N–H and O–H groups in total. The maximum Gasteiger partial charge on any atom is 0.0755 e. The molecule has 0 bridgehead atoms. The van der Waals surface area contributed by atoms with Gasteiger partial charge in [0, 0.05) is 0 Å². The van der Waals surface area contributed by atoms with Crippen molar-refractivity contribution in [1.29, 1.82) is 0 Å². The van der Waals surface area contributed by atoms with Crippen LogP contribution in [0.1, 0.15) is 27.2 Å². The van der Waals surface area contributed by atoms with Gasteiger partial charge < -0.3 is 5.11 Å². The smallest absolute Gasteiger partial charge is 0.0755 e. The second-order valence-corrected chi connectivity index (χ2v) is 3.60. The average Bonchev–Trinajstić information content (AvgIpc) is 1.79. The van der Waals surface area contributed by atoms with Gasteiger partial charge in [0.1, 0.15) is 0 Å². The SMILES string of the molecule is CC1=CC(C)(C)C[C@@H]1O. The summed E-state index contributed by atoms with van der Waals surface area (Å²) in [6.45, 7) is 6.28. The number of hydrogen-bond donors (Lipinski definition) is 1. The molecule has 1 nitrogen and oxygen atoms in total. The predicted molar refractivity (Wildman–Crippen MR) is 38.2 cm³/mol. The van der Waals surface area contributed by atoms with Crippen LogP contribution in [0.25, 0.3) is 0 Å². The second kappa shape index (κ2) is 1.84. The molecule has 1 rings (SSSR count). The Kier molecular flexibility index (Phi) is 1.39. The quantitative estimate of drug-likeness (QED) is 0.490. The largest absolute Gasteiger partial charge is 0.389 e. The summed E-state index contributed by atoms with van der Waals surface area (Å²) in [4.78, 5) is 0. The van der Waals surface area contributed by atoms with Gasteiger partial charge in [-0.1, -0.05) is 19.9 Å². The number of aliphatic hydroxyl groups is 1. The summed E-state index contributed by atoms with van der Waals surface area (Å²) in [5, 5.41) is 9.27. The molecule has 0 spiro atoms. The first-order valence-electron chi connectivity index (χ1n) is 3.39. The molecular weight excluding hydrogens is 112 g/mol. The van der Waals surface area contributed by atoms with E-state index in [0.29, 0.717) is 0 Å². The van der Waals surface area contributed by atoms with Gasteiger partial charge >= 0.3 is 0 Å². The summed E-state index contributed by atoms with van der Waals surface area (Å²) in [5.74, 6) is 0. The van der Waals surface area contributed by atoms with Gasteiger partial charge in [0.25, 0.3) is 0 Å². The van der Waals surface area contributed by atoms with Crippen molar-refractivity contribution in [2.45, 2.75) is 33.3 Å². The zero-order valence-electron chi connectivity index (χ0n) is 6.31. The van der Waals surface area contributed by atoms with E-state index >= 15 is 0 Å². The van der Waals surface area contributed by atoms with Crippen LogP contribution in [0.5, 0.6) is 0 Å². The van der Waals surface area contributed by atoms with Gasteiger partial charge in [-0.25, -0.2) is 0 Å². The molecule has 0 fully saturated rings. The van der Waals surface area contributed by atoms with Crippen molar-refractivity contribution in [3.05, 3.63) is 11.6 Å². The summed E-state index contributed by atoms with van der Waals surface area (Å²) in [6.07, 6.45) is 2.86. The van der Waals surface area contributed by atoms with Crippen LogP contribution in [0.4, 0.5) is 0 Å². The van der Waals surface area contributed by atoms with Crippen molar-refractivity contribution in [3.8, 4) is 0 Å². The van der Waals surface area contributed by atoms with E-state index in [0.717, 1.165) is 12.0 Å². The Morgan fingerprint density at radius 1 is 1.67 bits per heavy atom. The van der Waals surface area contributed by atoms with Crippen LogP contribution >= 0.6 is 0 Å². The number of aliphatic hydroxyl groups excluding tert-OH is 1. The molecular formula is C8H14O. The van der Waals surface area contributed by atoms with Crippen molar-refractivity contribution >= 4 is 0 Å². The Balaban J connectivity index is 2.74. The van der Waals surface area contributed by atoms with E-state index in [1.807, 2.05) is 6.92 Å². The summed E-state index contributed by atoms with van der Waals surface area (Å²) in [5.41, 5.74) is 1.35. The van der Waals surface area contributed by atoms with Crippen molar-refractivity contribution < 1.29 is 5.11 Å².